The summed E-state index contributed by atoms with van der Waals surface area (Å²) in [7, 11) is -0.591. The summed E-state index contributed by atoms with van der Waals surface area (Å²) in [4.78, 5) is 11.9. The summed E-state index contributed by atoms with van der Waals surface area (Å²) in [5.74, 6) is 0.235. The van der Waals surface area contributed by atoms with Crippen molar-refractivity contribution in [2.75, 3.05) is 20.7 Å². The number of benzene rings is 2. The number of para-hydroxylation sites is 1. The topological polar surface area (TPSA) is 81.8 Å². The van der Waals surface area contributed by atoms with E-state index in [0.717, 1.165) is 11.3 Å². The van der Waals surface area contributed by atoms with Gasteiger partial charge in [-0.1, -0.05) is 18.2 Å². The fourth-order valence-electron chi connectivity index (χ4n) is 2.99. The van der Waals surface area contributed by atoms with Crippen molar-refractivity contribution in [3.05, 3.63) is 58.6 Å². The number of sulfonamides is 1. The minimum atomic E-state index is -3.71. The molecule has 0 aliphatic rings. The van der Waals surface area contributed by atoms with Crippen LogP contribution in [0.25, 0.3) is 11.1 Å². The van der Waals surface area contributed by atoms with Crippen LogP contribution < -0.4 is 10.5 Å². The number of hydrogen-bond acceptors (Lipinski definition) is 5. The van der Waals surface area contributed by atoms with E-state index in [4.69, 9.17) is 9.15 Å². The highest BCUT2D eigenvalue weighted by atomic mass is 32.2. The Kier molecular flexibility index (Phi) is 5.38. The summed E-state index contributed by atoms with van der Waals surface area (Å²) in [5, 5.41) is 0. The smallest absolute Gasteiger partial charge is 0.419 e. The van der Waals surface area contributed by atoms with Crippen molar-refractivity contribution in [1.82, 2.24) is 8.87 Å². The van der Waals surface area contributed by atoms with Gasteiger partial charge in [-0.25, -0.2) is 17.5 Å². The molecule has 144 valence electrons. The van der Waals surface area contributed by atoms with Crippen LogP contribution in [0.4, 0.5) is 0 Å². The molecule has 0 N–H and O–H groups in total. The normalized spacial score (nSPS) is 12.0. The van der Waals surface area contributed by atoms with Gasteiger partial charge in [0.2, 0.25) is 10.0 Å². The van der Waals surface area contributed by atoms with Crippen LogP contribution in [0.1, 0.15) is 12.5 Å². The number of hydrogen-bond donors (Lipinski definition) is 0. The Bertz CT molecular complexity index is 1110. The SMILES string of the molecule is CCn1c(=O)oc2cc(S(=O)(=O)N(C)CCc3ccccc3OC)ccc21. The molecule has 1 aromatic heterocycles. The fraction of sp³-hybridized carbons (Fsp3) is 0.316. The molecule has 0 atom stereocenters. The highest BCUT2D eigenvalue weighted by Crippen LogP contribution is 2.22. The van der Waals surface area contributed by atoms with E-state index in [9.17, 15) is 13.2 Å². The van der Waals surface area contributed by atoms with E-state index in [1.54, 1.807) is 13.2 Å². The van der Waals surface area contributed by atoms with Crippen LogP contribution in [0.15, 0.2) is 56.6 Å². The second-order valence-corrected chi connectivity index (χ2v) is 8.18. The predicted molar refractivity (Wildman–Crippen MR) is 103 cm³/mol. The number of methoxy groups -OCH3 is 1. The largest absolute Gasteiger partial charge is 0.496 e. The van der Waals surface area contributed by atoms with Gasteiger partial charge in [-0.05, 0) is 37.1 Å². The molecule has 27 heavy (non-hydrogen) atoms. The van der Waals surface area contributed by atoms with Crippen LogP contribution in [-0.4, -0.2) is 38.0 Å². The number of likely N-dealkylation sites (N-methyl/N-ethyl adjacent to an activating group) is 1. The molecule has 0 saturated heterocycles. The zero-order valence-corrected chi connectivity index (χ0v) is 16.3. The van der Waals surface area contributed by atoms with Gasteiger partial charge in [0, 0.05) is 26.2 Å². The third kappa shape index (κ3) is 3.63. The number of ether oxygens (including phenoxy) is 1. The molecule has 3 aromatic rings. The van der Waals surface area contributed by atoms with Gasteiger partial charge in [0.25, 0.3) is 0 Å². The molecule has 3 rings (SSSR count). The van der Waals surface area contributed by atoms with Gasteiger partial charge in [0.05, 0.1) is 17.5 Å². The maximum Gasteiger partial charge on any atom is 0.419 e. The van der Waals surface area contributed by atoms with Crippen molar-refractivity contribution < 1.29 is 17.6 Å². The van der Waals surface area contributed by atoms with E-state index in [1.165, 1.54) is 28.1 Å². The summed E-state index contributed by atoms with van der Waals surface area (Å²) in [5.41, 5.74) is 1.78. The van der Waals surface area contributed by atoms with E-state index in [2.05, 4.69) is 0 Å². The Hall–Kier alpha value is -2.58. The molecule has 8 heteroatoms. The van der Waals surface area contributed by atoms with Gasteiger partial charge in [-0.15, -0.1) is 0 Å². The summed E-state index contributed by atoms with van der Waals surface area (Å²) in [6, 6.07) is 12.0. The quantitative estimate of drug-likeness (QED) is 0.619. The van der Waals surface area contributed by atoms with E-state index in [0.29, 0.717) is 25.0 Å². The van der Waals surface area contributed by atoms with Gasteiger partial charge < -0.3 is 9.15 Å². The lowest BCUT2D eigenvalue weighted by Gasteiger charge is -2.18. The average molecular weight is 390 g/mol. The molecule has 0 fully saturated rings. The van der Waals surface area contributed by atoms with Gasteiger partial charge >= 0.3 is 5.76 Å². The van der Waals surface area contributed by atoms with Crippen LogP contribution in [-0.2, 0) is 23.0 Å². The van der Waals surface area contributed by atoms with Crippen LogP contribution in [0.5, 0.6) is 5.75 Å². The summed E-state index contributed by atoms with van der Waals surface area (Å²) < 4.78 is 39.0. The second kappa shape index (κ2) is 7.58. The molecule has 0 aliphatic heterocycles. The molecule has 0 bridgehead atoms. The maximum absolute atomic E-state index is 12.9. The monoisotopic (exact) mass is 390 g/mol. The molecule has 0 unspecified atom stereocenters. The first-order valence-corrected chi connectivity index (χ1v) is 10.0. The van der Waals surface area contributed by atoms with Crippen molar-refractivity contribution in [2.24, 2.45) is 0 Å². The highest BCUT2D eigenvalue weighted by molar-refractivity contribution is 7.89. The standard InChI is InChI=1S/C19H22N2O5S/c1-4-21-16-10-9-15(13-18(16)26-19(21)22)27(23,24)20(2)12-11-14-7-5-6-8-17(14)25-3/h5-10,13H,4,11-12H2,1-3H3. The first-order chi connectivity index (χ1) is 12.9. The minimum absolute atomic E-state index is 0.0922. The number of rotatable bonds is 7. The Labute approximate surface area is 157 Å². The lowest BCUT2D eigenvalue weighted by atomic mass is 10.1. The van der Waals surface area contributed by atoms with Gasteiger partial charge in [0.15, 0.2) is 5.58 Å². The van der Waals surface area contributed by atoms with E-state index < -0.39 is 15.8 Å². The lowest BCUT2D eigenvalue weighted by Crippen LogP contribution is -2.29. The molecule has 0 saturated carbocycles. The van der Waals surface area contributed by atoms with Gasteiger partial charge in [-0.3, -0.25) is 4.57 Å². The van der Waals surface area contributed by atoms with Gasteiger partial charge in [0.1, 0.15) is 5.75 Å². The third-order valence-corrected chi connectivity index (χ3v) is 6.41. The molecule has 0 aliphatic carbocycles. The molecule has 0 spiro atoms. The highest BCUT2D eigenvalue weighted by Gasteiger charge is 2.22. The number of oxazole rings is 1. The Morgan fingerprint density at radius 2 is 1.93 bits per heavy atom. The molecular weight excluding hydrogens is 368 g/mol. The molecular formula is C19H22N2O5S. The van der Waals surface area contributed by atoms with Crippen molar-refractivity contribution in [3.8, 4) is 5.75 Å². The first-order valence-electron chi connectivity index (χ1n) is 8.60. The van der Waals surface area contributed by atoms with Crippen LogP contribution in [0.3, 0.4) is 0 Å². The third-order valence-electron chi connectivity index (χ3n) is 4.55. The zero-order chi connectivity index (χ0) is 19.6. The number of fused-ring (bicyclic) bond motifs is 1. The van der Waals surface area contributed by atoms with Crippen molar-refractivity contribution in [3.63, 3.8) is 0 Å². The van der Waals surface area contributed by atoms with Crippen molar-refractivity contribution in [2.45, 2.75) is 24.8 Å². The number of aromatic nitrogens is 1. The first kappa shape index (κ1) is 19.2. The Balaban J connectivity index is 1.85. The Morgan fingerprint density at radius 1 is 1.19 bits per heavy atom. The van der Waals surface area contributed by atoms with Crippen LogP contribution in [0.2, 0.25) is 0 Å². The van der Waals surface area contributed by atoms with Crippen LogP contribution >= 0.6 is 0 Å². The molecule has 2 aromatic carbocycles. The zero-order valence-electron chi connectivity index (χ0n) is 15.5. The van der Waals surface area contributed by atoms with Crippen LogP contribution in [0, 0.1) is 0 Å². The Morgan fingerprint density at radius 3 is 2.63 bits per heavy atom. The van der Waals surface area contributed by atoms with Crippen molar-refractivity contribution >= 4 is 21.1 Å². The lowest BCUT2D eigenvalue weighted by molar-refractivity contribution is 0.406. The summed E-state index contributed by atoms with van der Waals surface area (Å²) in [6.07, 6.45) is 0.517. The molecule has 0 radical (unpaired) electrons. The molecule has 1 heterocycles. The summed E-state index contributed by atoms with van der Waals surface area (Å²) >= 11 is 0. The summed E-state index contributed by atoms with van der Waals surface area (Å²) in [6.45, 7) is 2.57. The maximum atomic E-state index is 12.9. The van der Waals surface area contributed by atoms with E-state index in [-0.39, 0.29) is 10.5 Å². The van der Waals surface area contributed by atoms with E-state index >= 15 is 0 Å². The van der Waals surface area contributed by atoms with E-state index in [1.807, 2.05) is 31.2 Å². The number of aryl methyl sites for hydroxylation is 1. The predicted octanol–water partition coefficient (Wildman–Crippen LogP) is 2.49. The average Bonchev–Trinajstić information content (AvgIpc) is 3.00. The molecule has 0 amide bonds. The molecule has 7 nitrogen and oxygen atoms in total. The fourth-order valence-corrected chi connectivity index (χ4v) is 4.18. The number of nitrogens with zero attached hydrogens (tertiary/aromatic N) is 2. The van der Waals surface area contributed by atoms with Gasteiger partial charge in [-0.2, -0.15) is 0 Å². The second-order valence-electron chi connectivity index (χ2n) is 6.13. The van der Waals surface area contributed by atoms with Crippen molar-refractivity contribution in [1.29, 1.82) is 0 Å². The minimum Gasteiger partial charge on any atom is -0.496 e.